The van der Waals surface area contributed by atoms with Crippen LogP contribution in [-0.2, 0) is 17.5 Å². The van der Waals surface area contributed by atoms with Crippen LogP contribution in [0.2, 0.25) is 0 Å². The molecule has 6 nitrogen and oxygen atoms in total. The molecule has 1 amide bonds. The van der Waals surface area contributed by atoms with Gasteiger partial charge in [0.1, 0.15) is 29.5 Å². The minimum absolute atomic E-state index is 0.0451. The Kier molecular flexibility index (Phi) is 4.54. The summed E-state index contributed by atoms with van der Waals surface area (Å²) >= 11 is 0. The molecule has 136 valence electrons. The van der Waals surface area contributed by atoms with Gasteiger partial charge in [-0.1, -0.05) is 12.1 Å². The summed E-state index contributed by atoms with van der Waals surface area (Å²) in [6, 6.07) is 8.09. The van der Waals surface area contributed by atoms with E-state index in [1.807, 2.05) is 24.3 Å². The molecular formula is C17H15F3N4O2. The van der Waals surface area contributed by atoms with E-state index >= 15 is 0 Å². The number of nitrogens with zero attached hydrogens (tertiary/aromatic N) is 3. The Morgan fingerprint density at radius 2 is 2.04 bits per heavy atom. The van der Waals surface area contributed by atoms with E-state index in [0.717, 1.165) is 23.3 Å². The van der Waals surface area contributed by atoms with Crippen molar-refractivity contribution in [1.29, 1.82) is 0 Å². The van der Waals surface area contributed by atoms with Gasteiger partial charge < -0.3 is 14.6 Å². The summed E-state index contributed by atoms with van der Waals surface area (Å²) < 4.78 is 44.8. The van der Waals surface area contributed by atoms with Gasteiger partial charge in [0.2, 0.25) is 5.91 Å². The SMILES string of the molecule is COc1cc(C(F)(F)F)ncc1NC(=O)Cn1c(C)nc2ccccc21. The monoisotopic (exact) mass is 364 g/mol. The van der Waals surface area contributed by atoms with Gasteiger partial charge in [-0.05, 0) is 19.1 Å². The molecule has 0 atom stereocenters. The highest BCUT2D eigenvalue weighted by atomic mass is 19.4. The maximum atomic E-state index is 12.7. The molecular weight excluding hydrogens is 349 g/mol. The summed E-state index contributed by atoms with van der Waals surface area (Å²) in [6.07, 6.45) is -3.67. The molecule has 0 saturated carbocycles. The van der Waals surface area contributed by atoms with Crippen molar-refractivity contribution in [1.82, 2.24) is 14.5 Å². The van der Waals surface area contributed by atoms with Crippen LogP contribution in [-0.4, -0.2) is 27.6 Å². The third kappa shape index (κ3) is 3.46. The number of hydrogen-bond donors (Lipinski definition) is 1. The molecule has 0 saturated heterocycles. The van der Waals surface area contributed by atoms with Crippen molar-refractivity contribution in [2.45, 2.75) is 19.6 Å². The van der Waals surface area contributed by atoms with E-state index in [1.54, 1.807) is 11.5 Å². The Hall–Kier alpha value is -3.10. The number of benzene rings is 1. The molecule has 0 bridgehead atoms. The van der Waals surface area contributed by atoms with E-state index in [2.05, 4.69) is 15.3 Å². The summed E-state index contributed by atoms with van der Waals surface area (Å²) in [5.41, 5.74) is 0.514. The second kappa shape index (κ2) is 6.66. The number of carbonyl (C=O) groups excluding carboxylic acids is 1. The summed E-state index contributed by atoms with van der Waals surface area (Å²) in [7, 11) is 1.22. The molecule has 3 rings (SSSR count). The Morgan fingerprint density at radius 3 is 2.73 bits per heavy atom. The quantitative estimate of drug-likeness (QED) is 0.770. The van der Waals surface area contributed by atoms with Gasteiger partial charge in [-0.15, -0.1) is 0 Å². The number of methoxy groups -OCH3 is 1. The molecule has 26 heavy (non-hydrogen) atoms. The van der Waals surface area contributed by atoms with Gasteiger partial charge in [-0.3, -0.25) is 4.79 Å². The van der Waals surface area contributed by atoms with E-state index in [4.69, 9.17) is 4.74 Å². The second-order valence-corrected chi connectivity index (χ2v) is 5.55. The topological polar surface area (TPSA) is 69.0 Å². The van der Waals surface area contributed by atoms with Crippen LogP contribution in [0, 0.1) is 6.92 Å². The van der Waals surface area contributed by atoms with E-state index in [9.17, 15) is 18.0 Å². The minimum atomic E-state index is -4.59. The van der Waals surface area contributed by atoms with Crippen LogP contribution in [0.4, 0.5) is 18.9 Å². The zero-order valence-corrected chi connectivity index (χ0v) is 14.0. The molecule has 0 aliphatic heterocycles. The van der Waals surface area contributed by atoms with E-state index in [-0.39, 0.29) is 18.0 Å². The van der Waals surface area contributed by atoms with Crippen molar-refractivity contribution < 1.29 is 22.7 Å². The highest BCUT2D eigenvalue weighted by Crippen LogP contribution is 2.33. The summed E-state index contributed by atoms with van der Waals surface area (Å²) in [6.45, 7) is 1.73. The number of fused-ring (bicyclic) bond motifs is 1. The predicted molar refractivity (Wildman–Crippen MR) is 88.9 cm³/mol. The van der Waals surface area contributed by atoms with Gasteiger partial charge in [0.15, 0.2) is 0 Å². The van der Waals surface area contributed by atoms with Crippen LogP contribution < -0.4 is 10.1 Å². The van der Waals surface area contributed by atoms with E-state index < -0.39 is 17.8 Å². The van der Waals surface area contributed by atoms with Crippen molar-refractivity contribution >= 4 is 22.6 Å². The first kappa shape index (κ1) is 17.7. The third-order valence-corrected chi connectivity index (χ3v) is 3.80. The number of aromatic nitrogens is 3. The zero-order chi connectivity index (χ0) is 18.9. The van der Waals surface area contributed by atoms with Gasteiger partial charge >= 0.3 is 6.18 Å². The molecule has 0 aliphatic carbocycles. The number of anilines is 1. The van der Waals surface area contributed by atoms with E-state index in [1.165, 1.54) is 7.11 Å². The van der Waals surface area contributed by atoms with Gasteiger partial charge in [0.25, 0.3) is 0 Å². The van der Waals surface area contributed by atoms with Crippen molar-refractivity contribution in [3.8, 4) is 5.75 Å². The van der Waals surface area contributed by atoms with Crippen LogP contribution in [0.25, 0.3) is 11.0 Å². The van der Waals surface area contributed by atoms with Crippen LogP contribution >= 0.6 is 0 Å². The first-order chi connectivity index (χ1) is 12.3. The Labute approximate surface area is 146 Å². The molecule has 0 spiro atoms. The lowest BCUT2D eigenvalue weighted by atomic mass is 10.3. The highest BCUT2D eigenvalue weighted by Gasteiger charge is 2.33. The third-order valence-electron chi connectivity index (χ3n) is 3.80. The van der Waals surface area contributed by atoms with E-state index in [0.29, 0.717) is 5.82 Å². The van der Waals surface area contributed by atoms with Crippen LogP contribution in [0.15, 0.2) is 36.5 Å². The van der Waals surface area contributed by atoms with Crippen molar-refractivity contribution in [3.05, 3.63) is 48.0 Å². The highest BCUT2D eigenvalue weighted by molar-refractivity contribution is 5.93. The number of ether oxygens (including phenoxy) is 1. The Balaban J connectivity index is 1.83. The maximum absolute atomic E-state index is 12.7. The molecule has 0 aliphatic rings. The lowest BCUT2D eigenvalue weighted by Gasteiger charge is -2.13. The molecule has 1 N–H and O–H groups in total. The number of alkyl halides is 3. The second-order valence-electron chi connectivity index (χ2n) is 5.55. The number of pyridine rings is 1. The molecule has 9 heteroatoms. The number of rotatable bonds is 4. The smallest absolute Gasteiger partial charge is 0.433 e. The van der Waals surface area contributed by atoms with Gasteiger partial charge in [-0.2, -0.15) is 13.2 Å². The average molecular weight is 364 g/mol. The van der Waals surface area contributed by atoms with Gasteiger partial charge in [0, 0.05) is 6.07 Å². The molecule has 0 unspecified atom stereocenters. The Bertz CT molecular complexity index is 966. The standard InChI is InChI=1S/C17H15F3N4O2/c1-10-22-11-5-3-4-6-13(11)24(10)9-16(25)23-12-8-21-15(17(18,19)20)7-14(12)26-2/h3-8H,9H2,1-2H3,(H,23,25). The number of halogens is 3. The fourth-order valence-electron chi connectivity index (χ4n) is 2.58. The number of amides is 1. The van der Waals surface area contributed by atoms with Gasteiger partial charge in [-0.25, -0.2) is 9.97 Å². The van der Waals surface area contributed by atoms with Crippen LogP contribution in [0.5, 0.6) is 5.75 Å². The summed E-state index contributed by atoms with van der Waals surface area (Å²) in [5, 5.41) is 2.53. The average Bonchev–Trinajstić information content (AvgIpc) is 2.90. The largest absolute Gasteiger partial charge is 0.494 e. The number of para-hydroxylation sites is 2. The van der Waals surface area contributed by atoms with Gasteiger partial charge in [0.05, 0.1) is 24.3 Å². The Morgan fingerprint density at radius 1 is 1.31 bits per heavy atom. The zero-order valence-electron chi connectivity index (χ0n) is 14.0. The fourth-order valence-corrected chi connectivity index (χ4v) is 2.58. The summed E-state index contributed by atoms with van der Waals surface area (Å²) in [4.78, 5) is 20.1. The molecule has 1 aromatic carbocycles. The van der Waals surface area contributed by atoms with Crippen molar-refractivity contribution in [2.75, 3.05) is 12.4 Å². The molecule has 2 aromatic heterocycles. The fraction of sp³-hybridized carbons (Fsp3) is 0.235. The summed E-state index contributed by atoms with van der Waals surface area (Å²) in [5.74, 6) is 0.0999. The molecule has 2 heterocycles. The van der Waals surface area contributed by atoms with Crippen LogP contribution in [0.3, 0.4) is 0 Å². The van der Waals surface area contributed by atoms with Crippen molar-refractivity contribution in [3.63, 3.8) is 0 Å². The first-order valence-corrected chi connectivity index (χ1v) is 7.62. The first-order valence-electron chi connectivity index (χ1n) is 7.62. The number of carbonyl (C=O) groups is 1. The number of nitrogens with one attached hydrogen (secondary N) is 1. The number of imidazole rings is 1. The predicted octanol–water partition coefficient (Wildman–Crippen LogP) is 3.41. The van der Waals surface area contributed by atoms with Crippen molar-refractivity contribution in [2.24, 2.45) is 0 Å². The normalized spacial score (nSPS) is 11.6. The molecule has 0 radical (unpaired) electrons. The lowest BCUT2D eigenvalue weighted by Crippen LogP contribution is -2.20. The molecule has 3 aromatic rings. The van der Waals surface area contributed by atoms with Crippen LogP contribution in [0.1, 0.15) is 11.5 Å². The lowest BCUT2D eigenvalue weighted by molar-refractivity contribution is -0.141. The minimum Gasteiger partial charge on any atom is -0.494 e. The molecule has 0 fully saturated rings. The maximum Gasteiger partial charge on any atom is 0.433 e. The number of aryl methyl sites for hydroxylation is 1. The number of hydrogen-bond acceptors (Lipinski definition) is 4.